The third kappa shape index (κ3) is 4.12. The summed E-state index contributed by atoms with van der Waals surface area (Å²) in [5.41, 5.74) is 2.52. The summed E-state index contributed by atoms with van der Waals surface area (Å²) < 4.78 is 60.8. The molecule has 1 heterocycles. The molecule has 156 valence electrons. The highest BCUT2D eigenvalue weighted by molar-refractivity contribution is 5.71. The molecule has 2 atom stereocenters. The van der Waals surface area contributed by atoms with Gasteiger partial charge in [0.15, 0.2) is 17.5 Å². The fourth-order valence-electron chi connectivity index (χ4n) is 3.92. The second-order valence-corrected chi connectivity index (χ2v) is 7.74. The van der Waals surface area contributed by atoms with Crippen molar-refractivity contribution in [2.24, 2.45) is 5.92 Å². The molecule has 4 rings (SSSR count). The molecule has 1 fully saturated rings. The Bertz CT molecular complexity index is 1010. The molecule has 1 aliphatic heterocycles. The highest BCUT2D eigenvalue weighted by atomic mass is 19.2. The molecular formula is C25H22F4O. The lowest BCUT2D eigenvalue weighted by molar-refractivity contribution is -0.0180. The van der Waals surface area contributed by atoms with Crippen LogP contribution in [0.25, 0.3) is 22.3 Å². The van der Waals surface area contributed by atoms with Crippen LogP contribution in [0.1, 0.15) is 37.9 Å². The van der Waals surface area contributed by atoms with Gasteiger partial charge in [0.2, 0.25) is 0 Å². The maximum absolute atomic E-state index is 14.7. The first-order valence-corrected chi connectivity index (χ1v) is 10.1. The monoisotopic (exact) mass is 414 g/mol. The molecule has 0 amide bonds. The van der Waals surface area contributed by atoms with Crippen molar-refractivity contribution in [3.63, 3.8) is 0 Å². The summed E-state index contributed by atoms with van der Waals surface area (Å²) in [5, 5.41) is 0. The second kappa shape index (κ2) is 8.60. The van der Waals surface area contributed by atoms with E-state index >= 15 is 0 Å². The van der Waals surface area contributed by atoms with Gasteiger partial charge in [0, 0.05) is 5.56 Å². The lowest BCUT2D eigenvalue weighted by Gasteiger charge is -2.28. The third-order valence-corrected chi connectivity index (χ3v) is 5.83. The van der Waals surface area contributed by atoms with Gasteiger partial charge >= 0.3 is 0 Å². The maximum atomic E-state index is 14.7. The summed E-state index contributed by atoms with van der Waals surface area (Å²) in [6, 6.07) is 13.8. The number of ether oxygens (including phenoxy) is 1. The Hall–Kier alpha value is -2.66. The molecule has 3 aromatic rings. The van der Waals surface area contributed by atoms with Crippen molar-refractivity contribution in [3.8, 4) is 22.3 Å². The zero-order valence-electron chi connectivity index (χ0n) is 16.6. The Labute approximate surface area is 173 Å². The van der Waals surface area contributed by atoms with Gasteiger partial charge in [0.05, 0.1) is 12.7 Å². The second-order valence-electron chi connectivity index (χ2n) is 7.74. The Morgan fingerprint density at radius 3 is 1.97 bits per heavy atom. The van der Waals surface area contributed by atoms with Crippen LogP contribution in [0, 0.1) is 29.2 Å². The molecule has 0 spiro atoms. The number of rotatable bonds is 4. The molecule has 2 unspecified atom stereocenters. The van der Waals surface area contributed by atoms with Crippen LogP contribution in [0.4, 0.5) is 17.6 Å². The van der Waals surface area contributed by atoms with Crippen LogP contribution in [-0.4, -0.2) is 6.61 Å². The minimum absolute atomic E-state index is 0.00857. The van der Waals surface area contributed by atoms with E-state index in [1.165, 1.54) is 12.1 Å². The van der Waals surface area contributed by atoms with E-state index in [-0.39, 0.29) is 17.2 Å². The lowest BCUT2D eigenvalue weighted by atomic mass is 9.92. The highest BCUT2D eigenvalue weighted by Crippen LogP contribution is 2.34. The smallest absolute Gasteiger partial charge is 0.194 e. The molecule has 5 heteroatoms. The van der Waals surface area contributed by atoms with Crippen molar-refractivity contribution in [2.45, 2.75) is 32.3 Å². The van der Waals surface area contributed by atoms with Gasteiger partial charge in [0.25, 0.3) is 0 Å². The van der Waals surface area contributed by atoms with Crippen molar-refractivity contribution < 1.29 is 22.3 Å². The number of hydrogen-bond acceptors (Lipinski definition) is 1. The number of benzene rings is 3. The third-order valence-electron chi connectivity index (χ3n) is 5.83. The minimum Gasteiger partial charge on any atom is -0.373 e. The standard InChI is InChI=1S/C25H22F4O/c1-2-15-3-10-24(30-14-15)17-6-4-16(5-7-17)18-8-9-20(21(26)11-18)19-12-22(27)25(29)23(28)13-19/h4-9,11-13,15,24H,2-3,10,14H2,1H3. The molecule has 0 saturated carbocycles. The molecule has 1 saturated heterocycles. The maximum Gasteiger partial charge on any atom is 0.194 e. The van der Waals surface area contributed by atoms with Crippen LogP contribution < -0.4 is 0 Å². The quantitative estimate of drug-likeness (QED) is 0.318. The number of halogens is 4. The Kier molecular flexibility index (Phi) is 5.91. The molecule has 0 aliphatic carbocycles. The van der Waals surface area contributed by atoms with Crippen molar-refractivity contribution in [1.82, 2.24) is 0 Å². The predicted molar refractivity (Wildman–Crippen MR) is 109 cm³/mol. The van der Waals surface area contributed by atoms with Crippen LogP contribution >= 0.6 is 0 Å². The fourth-order valence-corrected chi connectivity index (χ4v) is 3.92. The van der Waals surface area contributed by atoms with Crippen LogP contribution in [-0.2, 0) is 4.74 Å². The molecule has 0 bridgehead atoms. The van der Waals surface area contributed by atoms with E-state index < -0.39 is 23.3 Å². The van der Waals surface area contributed by atoms with E-state index in [0.717, 1.165) is 49.1 Å². The Balaban J connectivity index is 1.55. The van der Waals surface area contributed by atoms with Crippen LogP contribution in [0.2, 0.25) is 0 Å². The molecule has 1 nitrogen and oxygen atoms in total. The summed E-state index contributed by atoms with van der Waals surface area (Å²) in [5.74, 6) is -4.27. The molecule has 0 aromatic heterocycles. The minimum atomic E-state index is -1.57. The van der Waals surface area contributed by atoms with Gasteiger partial charge < -0.3 is 4.74 Å². The van der Waals surface area contributed by atoms with E-state index in [1.807, 2.05) is 24.3 Å². The van der Waals surface area contributed by atoms with Crippen molar-refractivity contribution in [2.75, 3.05) is 6.61 Å². The first-order chi connectivity index (χ1) is 14.5. The van der Waals surface area contributed by atoms with Crippen LogP contribution in [0.5, 0.6) is 0 Å². The molecule has 30 heavy (non-hydrogen) atoms. The first-order valence-electron chi connectivity index (χ1n) is 10.1. The van der Waals surface area contributed by atoms with E-state index in [2.05, 4.69) is 6.92 Å². The van der Waals surface area contributed by atoms with E-state index in [1.54, 1.807) is 6.07 Å². The van der Waals surface area contributed by atoms with Gasteiger partial charge in [-0.05, 0) is 59.2 Å². The Morgan fingerprint density at radius 2 is 1.40 bits per heavy atom. The van der Waals surface area contributed by atoms with Gasteiger partial charge in [-0.2, -0.15) is 0 Å². The van der Waals surface area contributed by atoms with Crippen molar-refractivity contribution in [1.29, 1.82) is 0 Å². The molecule has 3 aromatic carbocycles. The molecule has 0 N–H and O–H groups in total. The largest absolute Gasteiger partial charge is 0.373 e. The zero-order chi connectivity index (χ0) is 21.3. The summed E-state index contributed by atoms with van der Waals surface area (Å²) in [6.45, 7) is 2.96. The summed E-state index contributed by atoms with van der Waals surface area (Å²) in [6.07, 6.45) is 3.36. The SMILES string of the molecule is CCC1CCC(c2ccc(-c3ccc(-c4cc(F)c(F)c(F)c4)c(F)c3)cc2)OC1. The van der Waals surface area contributed by atoms with Crippen molar-refractivity contribution in [3.05, 3.63) is 83.4 Å². The average Bonchev–Trinajstić information content (AvgIpc) is 2.77. The summed E-state index contributed by atoms with van der Waals surface area (Å²) in [4.78, 5) is 0. The van der Waals surface area contributed by atoms with Gasteiger partial charge in [-0.25, -0.2) is 17.6 Å². The summed E-state index contributed by atoms with van der Waals surface area (Å²) >= 11 is 0. The van der Waals surface area contributed by atoms with Crippen LogP contribution in [0.3, 0.4) is 0 Å². The van der Waals surface area contributed by atoms with E-state index in [0.29, 0.717) is 11.5 Å². The first kappa shape index (κ1) is 20.6. The van der Waals surface area contributed by atoms with Gasteiger partial charge in [-0.1, -0.05) is 49.7 Å². The van der Waals surface area contributed by atoms with Crippen molar-refractivity contribution >= 4 is 0 Å². The molecule has 0 radical (unpaired) electrons. The fraction of sp³-hybridized carbons (Fsp3) is 0.280. The summed E-state index contributed by atoms with van der Waals surface area (Å²) in [7, 11) is 0. The van der Waals surface area contributed by atoms with Crippen LogP contribution in [0.15, 0.2) is 54.6 Å². The topological polar surface area (TPSA) is 9.23 Å². The van der Waals surface area contributed by atoms with Gasteiger partial charge in [-0.15, -0.1) is 0 Å². The Morgan fingerprint density at radius 1 is 0.767 bits per heavy atom. The lowest BCUT2D eigenvalue weighted by Crippen LogP contribution is -2.20. The highest BCUT2D eigenvalue weighted by Gasteiger charge is 2.22. The van der Waals surface area contributed by atoms with E-state index in [9.17, 15) is 17.6 Å². The zero-order valence-corrected chi connectivity index (χ0v) is 16.6. The van der Waals surface area contributed by atoms with Gasteiger partial charge in [-0.3, -0.25) is 0 Å². The van der Waals surface area contributed by atoms with E-state index in [4.69, 9.17) is 4.74 Å². The predicted octanol–water partition coefficient (Wildman–Crippen LogP) is 7.45. The van der Waals surface area contributed by atoms with Gasteiger partial charge in [0.1, 0.15) is 5.82 Å². The molecular weight excluding hydrogens is 392 g/mol. The molecule has 1 aliphatic rings. The number of hydrogen-bond donors (Lipinski definition) is 0. The normalized spacial score (nSPS) is 19.1. The average molecular weight is 414 g/mol.